The molecule has 104 valence electrons. The van der Waals surface area contributed by atoms with Gasteiger partial charge in [0.1, 0.15) is 0 Å². The summed E-state index contributed by atoms with van der Waals surface area (Å²) in [5.74, 6) is 0.276. The van der Waals surface area contributed by atoms with Crippen LogP contribution in [-0.4, -0.2) is 17.6 Å². The quantitative estimate of drug-likeness (QED) is 0.675. The molecule has 1 aromatic carbocycles. The molecule has 0 unspecified atom stereocenters. The molecule has 1 aromatic heterocycles. The third-order valence-electron chi connectivity index (χ3n) is 2.68. The lowest BCUT2D eigenvalue weighted by molar-refractivity contribution is 0.0945. The Bertz CT molecular complexity index is 620. The van der Waals surface area contributed by atoms with Gasteiger partial charge in [-0.05, 0) is 25.5 Å². The number of allylic oxidation sites excluding steroid dienone is 1. The third-order valence-corrected chi connectivity index (χ3v) is 2.92. The first-order valence-corrected chi connectivity index (χ1v) is 6.70. The topological polar surface area (TPSA) is 55.1 Å². The van der Waals surface area contributed by atoms with Crippen LogP contribution in [0.4, 0.5) is 0 Å². The van der Waals surface area contributed by atoms with Crippen LogP contribution in [0.1, 0.15) is 23.8 Å². The van der Waals surface area contributed by atoms with Crippen molar-refractivity contribution < 1.29 is 9.32 Å². The highest BCUT2D eigenvalue weighted by Crippen LogP contribution is 2.23. The van der Waals surface area contributed by atoms with Crippen molar-refractivity contribution in [1.82, 2.24) is 10.5 Å². The summed E-state index contributed by atoms with van der Waals surface area (Å²) in [7, 11) is 0. The number of carbonyl (C=O) groups is 1. The number of hydrogen-bond donors (Lipinski definition) is 1. The zero-order valence-electron chi connectivity index (χ0n) is 11.1. The molecule has 1 amide bonds. The Labute approximate surface area is 122 Å². The van der Waals surface area contributed by atoms with E-state index in [-0.39, 0.29) is 11.6 Å². The first-order chi connectivity index (χ1) is 9.70. The fraction of sp³-hybridized carbons (Fsp3) is 0.200. The van der Waals surface area contributed by atoms with Crippen LogP contribution in [0.5, 0.6) is 0 Å². The number of benzene rings is 1. The molecule has 0 saturated carbocycles. The highest BCUT2D eigenvalue weighted by atomic mass is 35.5. The molecule has 2 aromatic rings. The molecule has 1 N–H and O–H groups in total. The van der Waals surface area contributed by atoms with Crippen LogP contribution in [0.15, 0.2) is 47.0 Å². The monoisotopic (exact) mass is 290 g/mol. The Morgan fingerprint density at radius 3 is 3.05 bits per heavy atom. The lowest BCUT2D eigenvalue weighted by atomic mass is 10.1. The normalized spacial score (nSPS) is 10.9. The van der Waals surface area contributed by atoms with Gasteiger partial charge in [-0.15, -0.1) is 0 Å². The second-order valence-corrected chi connectivity index (χ2v) is 4.64. The minimum absolute atomic E-state index is 0.244. The smallest absolute Gasteiger partial charge is 0.273 e. The molecule has 0 saturated heterocycles. The summed E-state index contributed by atoms with van der Waals surface area (Å²) in [6, 6.07) is 8.81. The van der Waals surface area contributed by atoms with Crippen LogP contribution in [0.25, 0.3) is 11.3 Å². The molecule has 0 radical (unpaired) electrons. The minimum atomic E-state index is -0.244. The van der Waals surface area contributed by atoms with Gasteiger partial charge >= 0.3 is 0 Å². The van der Waals surface area contributed by atoms with Gasteiger partial charge in [-0.3, -0.25) is 4.79 Å². The van der Waals surface area contributed by atoms with Crippen molar-refractivity contribution >= 4 is 17.5 Å². The summed E-state index contributed by atoms with van der Waals surface area (Å²) in [4.78, 5) is 11.8. The van der Waals surface area contributed by atoms with Gasteiger partial charge in [-0.2, -0.15) is 0 Å². The van der Waals surface area contributed by atoms with Gasteiger partial charge < -0.3 is 9.84 Å². The molecule has 2 rings (SSSR count). The molecule has 0 bridgehead atoms. The van der Waals surface area contributed by atoms with Crippen LogP contribution < -0.4 is 5.32 Å². The fourth-order valence-corrected chi connectivity index (χ4v) is 1.88. The number of halogens is 1. The molecule has 20 heavy (non-hydrogen) atoms. The second-order valence-electron chi connectivity index (χ2n) is 4.20. The van der Waals surface area contributed by atoms with E-state index in [4.69, 9.17) is 16.1 Å². The first-order valence-electron chi connectivity index (χ1n) is 6.32. The summed E-state index contributed by atoms with van der Waals surface area (Å²) < 4.78 is 5.17. The van der Waals surface area contributed by atoms with E-state index in [0.29, 0.717) is 17.3 Å². The standard InChI is InChI=1S/C15H15ClN2O2/c1-2-3-4-8-17-15(19)13-10-14(20-18-13)11-6-5-7-12(16)9-11/h2-3,5-7,9-10H,4,8H2,1H3,(H,17,19)/b3-2+. The Balaban J connectivity index is 2.03. The predicted octanol–water partition coefficient (Wildman–Crippen LogP) is 3.69. The van der Waals surface area contributed by atoms with E-state index < -0.39 is 0 Å². The molecule has 0 spiro atoms. The van der Waals surface area contributed by atoms with E-state index in [1.807, 2.05) is 31.2 Å². The number of rotatable bonds is 5. The van der Waals surface area contributed by atoms with Crippen molar-refractivity contribution in [2.75, 3.05) is 6.54 Å². The molecule has 1 heterocycles. The number of amides is 1. The summed E-state index contributed by atoms with van der Waals surface area (Å²) in [5, 5.41) is 7.15. The molecule has 0 fully saturated rings. The van der Waals surface area contributed by atoms with Crippen molar-refractivity contribution in [3.05, 3.63) is 53.2 Å². The second kappa shape index (κ2) is 6.91. The molecule has 0 aliphatic heterocycles. The van der Waals surface area contributed by atoms with Gasteiger partial charge in [0.2, 0.25) is 0 Å². The van der Waals surface area contributed by atoms with Gasteiger partial charge in [0, 0.05) is 23.2 Å². The van der Waals surface area contributed by atoms with Crippen molar-refractivity contribution in [2.45, 2.75) is 13.3 Å². The number of hydrogen-bond acceptors (Lipinski definition) is 3. The van der Waals surface area contributed by atoms with E-state index in [0.717, 1.165) is 12.0 Å². The molecule has 4 nitrogen and oxygen atoms in total. The average Bonchev–Trinajstić information content (AvgIpc) is 2.93. The van der Waals surface area contributed by atoms with E-state index in [1.54, 1.807) is 18.2 Å². The van der Waals surface area contributed by atoms with Crippen LogP contribution in [0, 0.1) is 0 Å². The van der Waals surface area contributed by atoms with Crippen LogP contribution in [0.2, 0.25) is 5.02 Å². The maximum Gasteiger partial charge on any atom is 0.273 e. The van der Waals surface area contributed by atoms with E-state index >= 15 is 0 Å². The molecule has 0 atom stereocenters. The molecular formula is C15H15ClN2O2. The maximum atomic E-state index is 11.8. The van der Waals surface area contributed by atoms with E-state index in [2.05, 4.69) is 10.5 Å². The average molecular weight is 291 g/mol. The zero-order valence-corrected chi connectivity index (χ0v) is 11.9. The maximum absolute atomic E-state index is 11.8. The van der Waals surface area contributed by atoms with Gasteiger partial charge in [0.15, 0.2) is 11.5 Å². The lowest BCUT2D eigenvalue weighted by Gasteiger charge is -1.98. The summed E-state index contributed by atoms with van der Waals surface area (Å²) in [6.07, 6.45) is 4.72. The van der Waals surface area contributed by atoms with Crippen LogP contribution >= 0.6 is 11.6 Å². The van der Waals surface area contributed by atoms with Crippen LogP contribution in [-0.2, 0) is 0 Å². The van der Waals surface area contributed by atoms with Crippen molar-refractivity contribution in [3.63, 3.8) is 0 Å². The first kappa shape index (κ1) is 14.3. The lowest BCUT2D eigenvalue weighted by Crippen LogP contribution is -2.24. The highest BCUT2D eigenvalue weighted by Gasteiger charge is 2.13. The van der Waals surface area contributed by atoms with Gasteiger partial charge in [-0.1, -0.05) is 41.0 Å². The SMILES string of the molecule is C/C=C/CCNC(=O)c1cc(-c2cccc(Cl)c2)on1. The summed E-state index contributed by atoms with van der Waals surface area (Å²) in [5.41, 5.74) is 1.05. The third kappa shape index (κ3) is 3.71. The Morgan fingerprint density at radius 2 is 2.30 bits per heavy atom. The highest BCUT2D eigenvalue weighted by molar-refractivity contribution is 6.30. The summed E-state index contributed by atoms with van der Waals surface area (Å²) in [6.45, 7) is 2.51. The Hall–Kier alpha value is -2.07. The number of aromatic nitrogens is 1. The predicted molar refractivity (Wildman–Crippen MR) is 78.7 cm³/mol. The fourth-order valence-electron chi connectivity index (χ4n) is 1.69. The van der Waals surface area contributed by atoms with Gasteiger partial charge in [0.05, 0.1) is 0 Å². The van der Waals surface area contributed by atoms with Gasteiger partial charge in [0.25, 0.3) is 5.91 Å². The minimum Gasteiger partial charge on any atom is -0.355 e. The van der Waals surface area contributed by atoms with E-state index in [1.165, 1.54) is 0 Å². The Kier molecular flexibility index (Phi) is 4.96. The van der Waals surface area contributed by atoms with Gasteiger partial charge in [-0.25, -0.2) is 0 Å². The Morgan fingerprint density at radius 1 is 1.45 bits per heavy atom. The van der Waals surface area contributed by atoms with E-state index in [9.17, 15) is 4.79 Å². The molecular weight excluding hydrogens is 276 g/mol. The number of nitrogens with zero attached hydrogens (tertiary/aromatic N) is 1. The number of nitrogens with one attached hydrogen (secondary N) is 1. The molecule has 0 aliphatic rings. The van der Waals surface area contributed by atoms with Crippen molar-refractivity contribution in [1.29, 1.82) is 0 Å². The molecule has 5 heteroatoms. The number of carbonyl (C=O) groups excluding carboxylic acids is 1. The van der Waals surface area contributed by atoms with Crippen molar-refractivity contribution in [2.24, 2.45) is 0 Å². The summed E-state index contributed by atoms with van der Waals surface area (Å²) >= 11 is 5.91. The van der Waals surface area contributed by atoms with Crippen molar-refractivity contribution in [3.8, 4) is 11.3 Å². The zero-order chi connectivity index (χ0) is 14.4. The largest absolute Gasteiger partial charge is 0.355 e. The van der Waals surface area contributed by atoms with Crippen LogP contribution in [0.3, 0.4) is 0 Å². The molecule has 0 aliphatic carbocycles.